The van der Waals surface area contributed by atoms with Gasteiger partial charge in [-0.3, -0.25) is 0 Å². The van der Waals surface area contributed by atoms with E-state index in [0.29, 0.717) is 0 Å². The average molecular weight is 220 g/mol. The van der Waals surface area contributed by atoms with Crippen LogP contribution in [0.15, 0.2) is 36.5 Å². The summed E-state index contributed by atoms with van der Waals surface area (Å²) in [6.07, 6.45) is 16.2. The molecule has 0 fully saturated rings. The van der Waals surface area contributed by atoms with Crippen LogP contribution in [-0.2, 0) is 0 Å². The summed E-state index contributed by atoms with van der Waals surface area (Å²) in [6, 6.07) is 0. The van der Waals surface area contributed by atoms with Gasteiger partial charge in [0.1, 0.15) is 0 Å². The third-order valence-corrected chi connectivity index (χ3v) is 2.91. The molecular weight excluding hydrogens is 192 g/mol. The van der Waals surface area contributed by atoms with Crippen LogP contribution in [0.5, 0.6) is 0 Å². The fourth-order valence-electron chi connectivity index (χ4n) is 2.05. The number of hydrogen-bond donors (Lipinski definition) is 0. The Morgan fingerprint density at radius 1 is 1.25 bits per heavy atom. The SMILES string of the molecule is C=C/C=C(\C=C/C)CCCCC(C)CCC. The Labute approximate surface area is 102 Å². The largest absolute Gasteiger partial charge is 0.0991 e. The van der Waals surface area contributed by atoms with Crippen molar-refractivity contribution in [1.29, 1.82) is 0 Å². The van der Waals surface area contributed by atoms with Crippen molar-refractivity contribution >= 4 is 0 Å². The Morgan fingerprint density at radius 2 is 2.00 bits per heavy atom. The molecule has 0 spiro atoms. The van der Waals surface area contributed by atoms with Crippen molar-refractivity contribution in [3.8, 4) is 0 Å². The van der Waals surface area contributed by atoms with E-state index in [1.807, 2.05) is 6.08 Å². The maximum atomic E-state index is 3.75. The average Bonchev–Trinajstić information content (AvgIpc) is 2.25. The molecule has 0 aliphatic rings. The fraction of sp³-hybridized carbons (Fsp3) is 0.625. The van der Waals surface area contributed by atoms with Crippen molar-refractivity contribution in [2.24, 2.45) is 5.92 Å². The summed E-state index contributed by atoms with van der Waals surface area (Å²) >= 11 is 0. The lowest BCUT2D eigenvalue weighted by molar-refractivity contribution is 0.461. The highest BCUT2D eigenvalue weighted by molar-refractivity contribution is 5.22. The van der Waals surface area contributed by atoms with Crippen molar-refractivity contribution in [2.75, 3.05) is 0 Å². The quantitative estimate of drug-likeness (QED) is 0.347. The first-order chi connectivity index (χ1) is 7.74. The van der Waals surface area contributed by atoms with Crippen LogP contribution in [0.2, 0.25) is 0 Å². The van der Waals surface area contributed by atoms with Gasteiger partial charge in [0.25, 0.3) is 0 Å². The van der Waals surface area contributed by atoms with Crippen LogP contribution in [0.25, 0.3) is 0 Å². The van der Waals surface area contributed by atoms with Gasteiger partial charge in [0.15, 0.2) is 0 Å². The molecule has 0 N–H and O–H groups in total. The van der Waals surface area contributed by atoms with Crippen LogP contribution in [0.1, 0.15) is 59.3 Å². The van der Waals surface area contributed by atoms with Gasteiger partial charge >= 0.3 is 0 Å². The van der Waals surface area contributed by atoms with Gasteiger partial charge in [-0.1, -0.05) is 70.4 Å². The molecule has 0 amide bonds. The monoisotopic (exact) mass is 220 g/mol. The van der Waals surface area contributed by atoms with Crippen LogP contribution >= 0.6 is 0 Å². The standard InChI is InChI=1S/C16H28/c1-5-10-15(4)13-8-9-14-16(11-6-2)12-7-3/h6-7,11-12,15H,2,5,8-10,13-14H2,1,3-4H3/b12-7-,16-11+. The van der Waals surface area contributed by atoms with Gasteiger partial charge in [0.2, 0.25) is 0 Å². The highest BCUT2D eigenvalue weighted by Gasteiger charge is 2.00. The van der Waals surface area contributed by atoms with Gasteiger partial charge in [-0.05, 0) is 31.3 Å². The van der Waals surface area contributed by atoms with Gasteiger partial charge in [-0.25, -0.2) is 0 Å². The number of hydrogen-bond acceptors (Lipinski definition) is 0. The molecule has 0 radical (unpaired) electrons. The summed E-state index contributed by atoms with van der Waals surface area (Å²) < 4.78 is 0. The van der Waals surface area contributed by atoms with E-state index in [1.165, 1.54) is 44.1 Å². The molecular formula is C16H28. The third-order valence-electron chi connectivity index (χ3n) is 2.91. The topological polar surface area (TPSA) is 0 Å². The molecule has 0 aliphatic heterocycles. The molecule has 1 unspecified atom stereocenters. The normalized spacial score (nSPS) is 14.3. The highest BCUT2D eigenvalue weighted by Crippen LogP contribution is 2.17. The van der Waals surface area contributed by atoms with E-state index in [-0.39, 0.29) is 0 Å². The van der Waals surface area contributed by atoms with Gasteiger partial charge in [0.05, 0.1) is 0 Å². The van der Waals surface area contributed by atoms with Gasteiger partial charge in [0, 0.05) is 0 Å². The summed E-state index contributed by atoms with van der Waals surface area (Å²) in [5.41, 5.74) is 1.40. The maximum absolute atomic E-state index is 3.75. The fourth-order valence-corrected chi connectivity index (χ4v) is 2.05. The smallest absolute Gasteiger partial charge is 0.0279 e. The van der Waals surface area contributed by atoms with Crippen molar-refractivity contribution in [2.45, 2.75) is 59.3 Å². The second-order valence-corrected chi connectivity index (χ2v) is 4.62. The minimum atomic E-state index is 0.901. The molecule has 0 aliphatic carbocycles. The van der Waals surface area contributed by atoms with Crippen LogP contribution in [0, 0.1) is 5.92 Å². The molecule has 0 bridgehead atoms. The van der Waals surface area contributed by atoms with E-state index in [1.54, 1.807) is 0 Å². The van der Waals surface area contributed by atoms with Crippen molar-refractivity contribution < 1.29 is 0 Å². The maximum Gasteiger partial charge on any atom is -0.0279 e. The summed E-state index contributed by atoms with van der Waals surface area (Å²) in [5.74, 6) is 0.901. The Morgan fingerprint density at radius 3 is 2.56 bits per heavy atom. The zero-order valence-electron chi connectivity index (χ0n) is 11.3. The Bertz CT molecular complexity index is 220. The molecule has 0 heteroatoms. The lowest BCUT2D eigenvalue weighted by Crippen LogP contribution is -1.93. The second-order valence-electron chi connectivity index (χ2n) is 4.62. The lowest BCUT2D eigenvalue weighted by Gasteiger charge is -2.09. The van der Waals surface area contributed by atoms with Crippen molar-refractivity contribution in [3.05, 3.63) is 36.5 Å². The molecule has 0 rings (SSSR count). The molecule has 0 nitrogen and oxygen atoms in total. The molecule has 0 aromatic carbocycles. The van der Waals surface area contributed by atoms with Gasteiger partial charge < -0.3 is 0 Å². The van der Waals surface area contributed by atoms with Crippen molar-refractivity contribution in [1.82, 2.24) is 0 Å². The number of rotatable bonds is 9. The van der Waals surface area contributed by atoms with Crippen LogP contribution in [-0.4, -0.2) is 0 Å². The Balaban J connectivity index is 3.70. The van der Waals surface area contributed by atoms with Crippen molar-refractivity contribution in [3.63, 3.8) is 0 Å². The van der Waals surface area contributed by atoms with Crippen LogP contribution in [0.4, 0.5) is 0 Å². The zero-order valence-corrected chi connectivity index (χ0v) is 11.3. The minimum Gasteiger partial charge on any atom is -0.0991 e. The Hall–Kier alpha value is -0.780. The van der Waals surface area contributed by atoms with E-state index in [4.69, 9.17) is 0 Å². The number of unbranched alkanes of at least 4 members (excludes halogenated alkanes) is 1. The van der Waals surface area contributed by atoms with E-state index >= 15 is 0 Å². The highest BCUT2D eigenvalue weighted by atomic mass is 14.1. The van der Waals surface area contributed by atoms with Gasteiger partial charge in [-0.15, -0.1) is 0 Å². The molecule has 0 saturated carbocycles. The molecule has 0 aromatic rings. The summed E-state index contributed by atoms with van der Waals surface area (Å²) in [5, 5.41) is 0. The first-order valence-corrected chi connectivity index (χ1v) is 6.68. The molecule has 16 heavy (non-hydrogen) atoms. The summed E-state index contributed by atoms with van der Waals surface area (Å²) in [6.45, 7) is 10.5. The first kappa shape index (κ1) is 15.2. The molecule has 0 heterocycles. The van der Waals surface area contributed by atoms with Gasteiger partial charge in [-0.2, -0.15) is 0 Å². The lowest BCUT2D eigenvalue weighted by atomic mass is 9.97. The molecule has 1 atom stereocenters. The van der Waals surface area contributed by atoms with E-state index in [0.717, 1.165) is 5.92 Å². The number of allylic oxidation sites excluding steroid dienone is 5. The van der Waals surface area contributed by atoms with E-state index in [9.17, 15) is 0 Å². The van der Waals surface area contributed by atoms with Crippen LogP contribution in [0.3, 0.4) is 0 Å². The van der Waals surface area contributed by atoms with E-state index < -0.39 is 0 Å². The van der Waals surface area contributed by atoms with Crippen LogP contribution < -0.4 is 0 Å². The summed E-state index contributed by atoms with van der Waals surface area (Å²) in [4.78, 5) is 0. The Kier molecular flexibility index (Phi) is 10.2. The predicted octanol–water partition coefficient (Wildman–Crippen LogP) is 5.67. The first-order valence-electron chi connectivity index (χ1n) is 6.68. The predicted molar refractivity (Wildman–Crippen MR) is 75.6 cm³/mol. The third kappa shape index (κ3) is 8.52. The molecule has 0 aromatic heterocycles. The minimum absolute atomic E-state index is 0.901. The zero-order chi connectivity index (χ0) is 12.2. The van der Waals surface area contributed by atoms with E-state index in [2.05, 4.69) is 45.6 Å². The summed E-state index contributed by atoms with van der Waals surface area (Å²) in [7, 11) is 0. The molecule has 92 valence electrons. The molecule has 0 saturated heterocycles. The second kappa shape index (κ2) is 10.7.